The number of nitrogens with one attached hydrogen (secondary N) is 1. The average Bonchev–Trinajstić information content (AvgIpc) is 3.58. The van der Waals surface area contributed by atoms with E-state index in [1.165, 1.54) is 33.3 Å². The SMILES string of the molecule is Cc1cc2cc3nc(cc4nc(cc5c(-c6ccccc6)c(C)c(c(C)c1[nH]2)n5C)C=C4)C=C3. The predicted molar refractivity (Wildman–Crippen MR) is 143 cm³/mol. The summed E-state index contributed by atoms with van der Waals surface area (Å²) in [5, 5.41) is 0. The van der Waals surface area contributed by atoms with Gasteiger partial charge in [-0.05, 0) is 91.6 Å². The van der Waals surface area contributed by atoms with Crippen molar-refractivity contribution >= 4 is 46.4 Å². The van der Waals surface area contributed by atoms with Gasteiger partial charge in [-0.1, -0.05) is 30.3 Å². The van der Waals surface area contributed by atoms with Crippen LogP contribution in [0.4, 0.5) is 0 Å². The van der Waals surface area contributed by atoms with E-state index in [4.69, 9.17) is 9.97 Å². The van der Waals surface area contributed by atoms with Crippen molar-refractivity contribution in [1.82, 2.24) is 19.5 Å². The fourth-order valence-corrected chi connectivity index (χ4v) is 5.25. The predicted octanol–water partition coefficient (Wildman–Crippen LogP) is 7.26. The van der Waals surface area contributed by atoms with Gasteiger partial charge in [0.2, 0.25) is 0 Å². The third kappa shape index (κ3) is 3.30. The first-order chi connectivity index (χ1) is 16.5. The molecule has 1 N–H and O–H groups in total. The van der Waals surface area contributed by atoms with Crippen molar-refractivity contribution < 1.29 is 0 Å². The summed E-state index contributed by atoms with van der Waals surface area (Å²) in [6.45, 7) is 6.60. The van der Waals surface area contributed by atoms with Gasteiger partial charge in [0.1, 0.15) is 0 Å². The molecule has 0 amide bonds. The molecule has 166 valence electrons. The van der Waals surface area contributed by atoms with Crippen LogP contribution >= 0.6 is 0 Å². The monoisotopic (exact) mass is 442 g/mol. The zero-order valence-corrected chi connectivity index (χ0v) is 19.8. The van der Waals surface area contributed by atoms with Crippen molar-refractivity contribution in [3.63, 3.8) is 0 Å². The highest BCUT2D eigenvalue weighted by molar-refractivity contribution is 5.94. The minimum absolute atomic E-state index is 0.913. The van der Waals surface area contributed by atoms with E-state index in [0.29, 0.717) is 0 Å². The first kappa shape index (κ1) is 20.4. The Hall–Kier alpha value is -4.18. The molecule has 0 radical (unpaired) electrons. The maximum atomic E-state index is 4.87. The molecule has 0 saturated heterocycles. The Labute approximate surface area is 199 Å². The first-order valence-electron chi connectivity index (χ1n) is 11.6. The standard InChI is InChI=1S/C30H26N4/c1-18-14-26-16-24-11-10-22(31-24)15-23-12-13-25(32-23)17-27-28(21-8-6-5-7-9-21)19(2)30(34(27)4)20(3)29(18)33-26/h5-17,33H,1-4H3. The molecule has 4 nitrogen and oxygen atoms in total. The van der Waals surface area contributed by atoms with Gasteiger partial charge in [0.15, 0.2) is 0 Å². The molecule has 6 rings (SSSR count). The van der Waals surface area contributed by atoms with Gasteiger partial charge in [-0.2, -0.15) is 0 Å². The maximum absolute atomic E-state index is 4.87. The molecule has 0 fully saturated rings. The number of fused-ring (bicyclic) bond motifs is 8. The van der Waals surface area contributed by atoms with Crippen molar-refractivity contribution in [3.8, 4) is 11.1 Å². The van der Waals surface area contributed by atoms with E-state index in [-0.39, 0.29) is 0 Å². The highest BCUT2D eigenvalue weighted by atomic mass is 14.9. The molecule has 1 aromatic carbocycles. The van der Waals surface area contributed by atoms with E-state index in [1.807, 2.05) is 18.2 Å². The number of hydrogen-bond donors (Lipinski definition) is 1. The smallest absolute Gasteiger partial charge is 0.0659 e. The Bertz CT molecular complexity index is 1680. The van der Waals surface area contributed by atoms with Gasteiger partial charge in [-0.3, -0.25) is 0 Å². The molecule has 2 aliphatic rings. The van der Waals surface area contributed by atoms with E-state index < -0.39 is 0 Å². The zero-order valence-electron chi connectivity index (χ0n) is 19.8. The van der Waals surface area contributed by atoms with E-state index in [9.17, 15) is 0 Å². The molecule has 34 heavy (non-hydrogen) atoms. The summed E-state index contributed by atoms with van der Waals surface area (Å²) in [6.07, 6.45) is 8.22. The van der Waals surface area contributed by atoms with Crippen LogP contribution in [0.3, 0.4) is 0 Å². The van der Waals surface area contributed by atoms with E-state index in [2.05, 4.69) is 98.1 Å². The molecular formula is C30H26N4. The Kier molecular flexibility index (Phi) is 4.63. The molecular weight excluding hydrogens is 416 g/mol. The Morgan fingerprint density at radius 2 is 1.32 bits per heavy atom. The number of benzene rings is 1. The van der Waals surface area contributed by atoms with Gasteiger partial charge in [0.05, 0.1) is 28.3 Å². The number of rotatable bonds is 1. The van der Waals surface area contributed by atoms with Gasteiger partial charge in [-0.15, -0.1) is 0 Å². The lowest BCUT2D eigenvalue weighted by Gasteiger charge is -2.02. The molecule has 2 aliphatic heterocycles. The molecule has 5 heterocycles. The second kappa shape index (κ2) is 7.70. The Morgan fingerprint density at radius 3 is 2.00 bits per heavy atom. The summed E-state index contributed by atoms with van der Waals surface area (Å²) >= 11 is 0. The van der Waals surface area contributed by atoms with Gasteiger partial charge in [-0.25, -0.2) is 9.97 Å². The molecule has 4 aromatic rings. The lowest BCUT2D eigenvalue weighted by atomic mass is 10.0. The quantitative estimate of drug-likeness (QED) is 0.291. The minimum atomic E-state index is 0.913. The van der Waals surface area contributed by atoms with Crippen molar-refractivity contribution in [1.29, 1.82) is 0 Å². The summed E-state index contributed by atoms with van der Waals surface area (Å²) in [4.78, 5) is 13.3. The Morgan fingerprint density at radius 1 is 0.706 bits per heavy atom. The molecule has 0 unspecified atom stereocenters. The van der Waals surface area contributed by atoms with Crippen molar-refractivity contribution in [2.45, 2.75) is 20.8 Å². The van der Waals surface area contributed by atoms with Gasteiger partial charge in [0.25, 0.3) is 0 Å². The maximum Gasteiger partial charge on any atom is 0.0659 e. The van der Waals surface area contributed by atoms with Crippen LogP contribution < -0.4 is 0 Å². The number of aromatic nitrogens is 4. The van der Waals surface area contributed by atoms with Crippen molar-refractivity contribution in [2.24, 2.45) is 7.05 Å². The molecule has 0 saturated carbocycles. The number of H-pyrrole nitrogens is 1. The fraction of sp³-hybridized carbons (Fsp3) is 0.133. The fourth-order valence-electron chi connectivity index (χ4n) is 5.25. The first-order valence-corrected chi connectivity index (χ1v) is 11.6. The van der Waals surface area contributed by atoms with Gasteiger partial charge < -0.3 is 9.55 Å². The second-order valence-electron chi connectivity index (χ2n) is 9.09. The summed E-state index contributed by atoms with van der Waals surface area (Å²) in [5.74, 6) is 0. The second-order valence-corrected chi connectivity index (χ2v) is 9.09. The topological polar surface area (TPSA) is 46.5 Å². The van der Waals surface area contributed by atoms with Crippen LogP contribution in [0.15, 0.2) is 54.6 Å². The Balaban J connectivity index is 1.82. The summed E-state index contributed by atoms with van der Waals surface area (Å²) < 4.78 is 2.31. The van der Waals surface area contributed by atoms with E-state index in [1.54, 1.807) is 0 Å². The van der Waals surface area contributed by atoms with Crippen LogP contribution in [-0.2, 0) is 7.05 Å². The number of hydrogen-bond acceptors (Lipinski definition) is 2. The largest absolute Gasteiger partial charge is 0.355 e. The van der Waals surface area contributed by atoms with Gasteiger partial charge in [0, 0.05) is 29.2 Å². The molecule has 0 atom stereocenters. The van der Waals surface area contributed by atoms with Crippen LogP contribution in [0, 0.1) is 20.8 Å². The minimum Gasteiger partial charge on any atom is -0.355 e. The lowest BCUT2D eigenvalue weighted by Crippen LogP contribution is -1.90. The molecule has 4 heteroatoms. The van der Waals surface area contributed by atoms with Crippen LogP contribution in [0.2, 0.25) is 0 Å². The summed E-state index contributed by atoms with van der Waals surface area (Å²) in [6, 6.07) is 19.2. The van der Waals surface area contributed by atoms with E-state index in [0.717, 1.165) is 39.3 Å². The average molecular weight is 443 g/mol. The van der Waals surface area contributed by atoms with Crippen LogP contribution in [0.5, 0.6) is 0 Å². The third-order valence-electron chi connectivity index (χ3n) is 6.76. The number of aryl methyl sites for hydroxylation is 4. The van der Waals surface area contributed by atoms with Crippen LogP contribution in [0.25, 0.3) is 57.5 Å². The van der Waals surface area contributed by atoms with Gasteiger partial charge >= 0.3 is 0 Å². The van der Waals surface area contributed by atoms with Crippen LogP contribution in [0.1, 0.15) is 39.5 Å². The van der Waals surface area contributed by atoms with Crippen molar-refractivity contribution in [2.75, 3.05) is 0 Å². The lowest BCUT2D eigenvalue weighted by molar-refractivity contribution is 1.00. The molecule has 0 spiro atoms. The zero-order chi connectivity index (χ0) is 23.4. The molecule has 0 aliphatic carbocycles. The van der Waals surface area contributed by atoms with E-state index >= 15 is 0 Å². The van der Waals surface area contributed by atoms with Crippen LogP contribution in [-0.4, -0.2) is 19.5 Å². The molecule has 8 bridgehead atoms. The number of nitrogens with zero attached hydrogens (tertiary/aromatic N) is 3. The highest BCUT2D eigenvalue weighted by Crippen LogP contribution is 2.35. The van der Waals surface area contributed by atoms with Crippen molar-refractivity contribution in [3.05, 3.63) is 94.1 Å². The third-order valence-corrected chi connectivity index (χ3v) is 6.76. The normalized spacial score (nSPS) is 12.5. The number of aromatic amines is 1. The molecule has 3 aromatic heterocycles. The highest BCUT2D eigenvalue weighted by Gasteiger charge is 2.16. The summed E-state index contributed by atoms with van der Waals surface area (Å²) in [7, 11) is 2.16. The summed E-state index contributed by atoms with van der Waals surface area (Å²) in [5.41, 5.74) is 14.5.